The summed E-state index contributed by atoms with van der Waals surface area (Å²) in [5.74, 6) is -0.0148. The molecule has 0 saturated heterocycles. The second kappa shape index (κ2) is 11.0. The van der Waals surface area contributed by atoms with Crippen molar-refractivity contribution in [1.29, 1.82) is 0 Å². The Labute approximate surface area is 177 Å². The molecule has 0 radical (unpaired) electrons. The molecule has 0 heterocycles. The lowest BCUT2D eigenvalue weighted by molar-refractivity contribution is -0.116. The van der Waals surface area contributed by atoms with Gasteiger partial charge in [-0.3, -0.25) is 25.2 Å². The zero-order valence-corrected chi connectivity index (χ0v) is 17.8. The molecule has 0 aliphatic heterocycles. The summed E-state index contributed by atoms with van der Waals surface area (Å²) in [6, 6.07) is 13.1. The molecule has 1 unspecified atom stereocenters. The van der Waals surface area contributed by atoms with Crippen LogP contribution in [0.1, 0.15) is 61.3 Å². The summed E-state index contributed by atoms with van der Waals surface area (Å²) in [4.78, 5) is 36.3. The Bertz CT molecular complexity index is 861. The molecule has 0 aliphatic rings. The third kappa shape index (κ3) is 7.24. The first-order chi connectivity index (χ1) is 14.3. The van der Waals surface area contributed by atoms with Gasteiger partial charge in [0, 0.05) is 23.2 Å². The lowest BCUT2D eigenvalue weighted by Crippen LogP contribution is -2.41. The van der Waals surface area contributed by atoms with Crippen LogP contribution in [0.4, 0.5) is 5.69 Å². The van der Waals surface area contributed by atoms with Gasteiger partial charge in [0.2, 0.25) is 5.91 Å². The lowest BCUT2D eigenvalue weighted by Gasteiger charge is -2.13. The first-order valence-electron chi connectivity index (χ1n) is 10.1. The highest BCUT2D eigenvalue weighted by atomic mass is 16.5. The van der Waals surface area contributed by atoms with E-state index in [1.165, 1.54) is 0 Å². The van der Waals surface area contributed by atoms with E-state index in [1.807, 2.05) is 27.7 Å². The Balaban J connectivity index is 1.86. The van der Waals surface area contributed by atoms with E-state index in [1.54, 1.807) is 48.5 Å². The van der Waals surface area contributed by atoms with Gasteiger partial charge in [-0.1, -0.05) is 20.8 Å². The molecule has 0 aliphatic carbocycles. The number of hydrazine groups is 1. The molecular weight excluding hydrogens is 382 g/mol. The van der Waals surface area contributed by atoms with Crippen LogP contribution in [0.2, 0.25) is 0 Å². The Morgan fingerprint density at radius 3 is 1.80 bits per heavy atom. The van der Waals surface area contributed by atoms with Gasteiger partial charge < -0.3 is 10.1 Å². The first kappa shape index (κ1) is 22.9. The van der Waals surface area contributed by atoms with Crippen molar-refractivity contribution in [3.63, 3.8) is 0 Å². The van der Waals surface area contributed by atoms with Crippen LogP contribution in [0.25, 0.3) is 0 Å². The molecule has 2 aromatic carbocycles. The van der Waals surface area contributed by atoms with E-state index < -0.39 is 11.8 Å². The van der Waals surface area contributed by atoms with Crippen molar-refractivity contribution < 1.29 is 19.1 Å². The van der Waals surface area contributed by atoms with Gasteiger partial charge in [-0.25, -0.2) is 0 Å². The normalized spacial score (nSPS) is 11.5. The number of nitrogens with one attached hydrogen (secondary N) is 3. The van der Waals surface area contributed by atoms with E-state index in [4.69, 9.17) is 4.74 Å². The lowest BCUT2D eigenvalue weighted by atomic mass is 10.1. The summed E-state index contributed by atoms with van der Waals surface area (Å²) in [6.07, 6.45) is 1.41. The standard InChI is InChI=1S/C23H29N3O4/c1-5-16(4)30-20-12-8-18(9-13-20)23(29)26-25-22(28)17-6-10-19(11-7-17)24-21(27)14-15(2)3/h6-13,15-16H,5,14H2,1-4H3,(H,24,27)(H,25,28)(H,26,29). The molecule has 160 valence electrons. The van der Waals surface area contributed by atoms with Crippen molar-refractivity contribution in [2.45, 2.75) is 46.6 Å². The number of hydrogen-bond acceptors (Lipinski definition) is 4. The molecule has 3 N–H and O–H groups in total. The topological polar surface area (TPSA) is 96.5 Å². The maximum Gasteiger partial charge on any atom is 0.269 e. The Kier molecular flexibility index (Phi) is 8.41. The van der Waals surface area contributed by atoms with Crippen LogP contribution in [0.5, 0.6) is 5.75 Å². The molecule has 0 bridgehead atoms. The second-order valence-electron chi connectivity index (χ2n) is 7.49. The molecule has 0 saturated carbocycles. The largest absolute Gasteiger partial charge is 0.491 e. The summed E-state index contributed by atoms with van der Waals surface area (Å²) in [5.41, 5.74) is 6.14. The highest BCUT2D eigenvalue weighted by Gasteiger charge is 2.11. The van der Waals surface area contributed by atoms with Gasteiger partial charge in [0.05, 0.1) is 6.10 Å². The third-order valence-corrected chi connectivity index (χ3v) is 4.34. The summed E-state index contributed by atoms with van der Waals surface area (Å²) >= 11 is 0. The zero-order chi connectivity index (χ0) is 22.1. The van der Waals surface area contributed by atoms with Gasteiger partial charge >= 0.3 is 0 Å². The predicted molar refractivity (Wildman–Crippen MR) is 116 cm³/mol. The minimum absolute atomic E-state index is 0.0740. The molecule has 0 spiro atoms. The van der Waals surface area contributed by atoms with E-state index in [-0.39, 0.29) is 17.9 Å². The van der Waals surface area contributed by atoms with Crippen LogP contribution in [0.15, 0.2) is 48.5 Å². The van der Waals surface area contributed by atoms with Gasteiger partial charge in [-0.2, -0.15) is 0 Å². The average Bonchev–Trinajstić information content (AvgIpc) is 2.72. The van der Waals surface area contributed by atoms with Gasteiger partial charge in [-0.15, -0.1) is 0 Å². The van der Waals surface area contributed by atoms with Crippen molar-refractivity contribution in [3.05, 3.63) is 59.7 Å². The van der Waals surface area contributed by atoms with Gasteiger partial charge in [0.15, 0.2) is 0 Å². The van der Waals surface area contributed by atoms with Gasteiger partial charge in [0.25, 0.3) is 11.8 Å². The molecule has 7 nitrogen and oxygen atoms in total. The molecule has 2 aromatic rings. The van der Waals surface area contributed by atoms with Crippen molar-refractivity contribution in [3.8, 4) is 5.75 Å². The summed E-state index contributed by atoms with van der Waals surface area (Å²) in [5, 5.41) is 2.78. The molecule has 1 atom stereocenters. The number of ether oxygens (including phenoxy) is 1. The van der Waals surface area contributed by atoms with Crippen molar-refractivity contribution >= 4 is 23.4 Å². The fraction of sp³-hybridized carbons (Fsp3) is 0.348. The highest BCUT2D eigenvalue weighted by molar-refractivity contribution is 5.99. The van der Waals surface area contributed by atoms with Crippen LogP contribution in [-0.2, 0) is 4.79 Å². The van der Waals surface area contributed by atoms with E-state index in [0.29, 0.717) is 29.0 Å². The number of amides is 3. The van der Waals surface area contributed by atoms with E-state index in [0.717, 1.165) is 6.42 Å². The zero-order valence-electron chi connectivity index (χ0n) is 17.8. The third-order valence-electron chi connectivity index (χ3n) is 4.34. The second-order valence-corrected chi connectivity index (χ2v) is 7.49. The smallest absolute Gasteiger partial charge is 0.269 e. The Hall–Kier alpha value is -3.35. The van der Waals surface area contributed by atoms with Crippen LogP contribution in [0, 0.1) is 5.92 Å². The first-order valence-corrected chi connectivity index (χ1v) is 10.1. The molecule has 30 heavy (non-hydrogen) atoms. The van der Waals surface area contributed by atoms with Crippen LogP contribution < -0.4 is 20.9 Å². The quantitative estimate of drug-likeness (QED) is 0.574. The van der Waals surface area contributed by atoms with Crippen LogP contribution in [-0.4, -0.2) is 23.8 Å². The molecule has 0 aromatic heterocycles. The molecular formula is C23H29N3O4. The monoisotopic (exact) mass is 411 g/mol. The number of anilines is 1. The maximum absolute atomic E-state index is 12.2. The summed E-state index contributed by atoms with van der Waals surface area (Å²) in [7, 11) is 0. The molecule has 0 fully saturated rings. The average molecular weight is 412 g/mol. The minimum atomic E-state index is -0.458. The number of carbonyl (C=O) groups is 3. The highest BCUT2D eigenvalue weighted by Crippen LogP contribution is 2.15. The summed E-state index contributed by atoms with van der Waals surface area (Å²) < 4.78 is 5.68. The maximum atomic E-state index is 12.2. The Morgan fingerprint density at radius 1 is 0.833 bits per heavy atom. The predicted octanol–water partition coefficient (Wildman–Crippen LogP) is 3.92. The van der Waals surface area contributed by atoms with Gasteiger partial charge in [0.1, 0.15) is 5.75 Å². The molecule has 3 amide bonds. The van der Waals surface area contributed by atoms with Crippen molar-refractivity contribution in [1.82, 2.24) is 10.9 Å². The number of carbonyl (C=O) groups excluding carboxylic acids is 3. The minimum Gasteiger partial charge on any atom is -0.491 e. The molecule has 7 heteroatoms. The SMILES string of the molecule is CCC(C)Oc1ccc(C(=O)NNC(=O)c2ccc(NC(=O)CC(C)C)cc2)cc1. The fourth-order valence-corrected chi connectivity index (χ4v) is 2.55. The number of hydrogen-bond donors (Lipinski definition) is 3. The molecule has 2 rings (SSSR count). The van der Waals surface area contributed by atoms with E-state index >= 15 is 0 Å². The number of rotatable bonds is 8. The van der Waals surface area contributed by atoms with E-state index in [9.17, 15) is 14.4 Å². The van der Waals surface area contributed by atoms with Crippen molar-refractivity contribution in [2.75, 3.05) is 5.32 Å². The van der Waals surface area contributed by atoms with Gasteiger partial charge in [-0.05, 0) is 67.8 Å². The van der Waals surface area contributed by atoms with Crippen LogP contribution >= 0.6 is 0 Å². The number of benzene rings is 2. The van der Waals surface area contributed by atoms with Crippen LogP contribution in [0.3, 0.4) is 0 Å². The Morgan fingerprint density at radius 2 is 1.33 bits per heavy atom. The summed E-state index contributed by atoms with van der Waals surface area (Å²) in [6.45, 7) is 7.95. The van der Waals surface area contributed by atoms with E-state index in [2.05, 4.69) is 16.2 Å². The van der Waals surface area contributed by atoms with Crippen molar-refractivity contribution in [2.24, 2.45) is 5.92 Å². The fourth-order valence-electron chi connectivity index (χ4n) is 2.55.